The molecule has 0 radical (unpaired) electrons. The van der Waals surface area contributed by atoms with Crippen molar-refractivity contribution in [3.8, 4) is 0 Å². The minimum Gasteiger partial charge on any atom is -0.396 e. The highest BCUT2D eigenvalue weighted by atomic mass is 16.5. The van der Waals surface area contributed by atoms with Gasteiger partial charge in [0.1, 0.15) is 0 Å². The summed E-state index contributed by atoms with van der Waals surface area (Å²) in [6.45, 7) is 6.59. The van der Waals surface area contributed by atoms with E-state index in [1.54, 1.807) is 7.11 Å². The molecule has 20 heavy (non-hydrogen) atoms. The first-order chi connectivity index (χ1) is 9.30. The van der Waals surface area contributed by atoms with Gasteiger partial charge in [-0.25, -0.2) is 0 Å². The average molecular weight is 280 g/mol. The summed E-state index contributed by atoms with van der Waals surface area (Å²) in [5.41, 5.74) is 0.135. The van der Waals surface area contributed by atoms with Crippen molar-refractivity contribution in [2.45, 2.75) is 39.2 Å². The van der Waals surface area contributed by atoms with Gasteiger partial charge in [-0.05, 0) is 24.3 Å². The van der Waals surface area contributed by atoms with Crippen LogP contribution in [0.4, 0.5) is 0 Å². The molecule has 0 heterocycles. The SMILES string of the molecule is COCC(CO)C(C)(C)CC(C)(O)Cc1ccccc1. The number of ether oxygens (including phenoxy) is 1. The Labute approximate surface area is 122 Å². The molecule has 0 saturated carbocycles. The Bertz CT molecular complexity index is 384. The highest BCUT2D eigenvalue weighted by Crippen LogP contribution is 2.36. The largest absolute Gasteiger partial charge is 0.396 e. The van der Waals surface area contributed by atoms with Crippen LogP contribution in [0.15, 0.2) is 30.3 Å². The van der Waals surface area contributed by atoms with E-state index in [1.165, 1.54) is 0 Å². The Morgan fingerprint density at radius 1 is 1.15 bits per heavy atom. The van der Waals surface area contributed by atoms with Gasteiger partial charge in [0.25, 0.3) is 0 Å². The van der Waals surface area contributed by atoms with Gasteiger partial charge in [-0.2, -0.15) is 0 Å². The highest BCUT2D eigenvalue weighted by Gasteiger charge is 2.36. The van der Waals surface area contributed by atoms with Crippen molar-refractivity contribution in [3.63, 3.8) is 0 Å². The molecule has 3 heteroatoms. The smallest absolute Gasteiger partial charge is 0.0665 e. The van der Waals surface area contributed by atoms with Crippen molar-refractivity contribution in [1.29, 1.82) is 0 Å². The van der Waals surface area contributed by atoms with Gasteiger partial charge >= 0.3 is 0 Å². The van der Waals surface area contributed by atoms with Gasteiger partial charge < -0.3 is 14.9 Å². The minimum absolute atomic E-state index is 0.0229. The highest BCUT2D eigenvalue weighted by molar-refractivity contribution is 5.17. The molecule has 2 unspecified atom stereocenters. The lowest BCUT2D eigenvalue weighted by atomic mass is 9.71. The molecule has 0 aliphatic heterocycles. The molecule has 0 bridgehead atoms. The first kappa shape index (κ1) is 17.2. The van der Waals surface area contributed by atoms with Crippen molar-refractivity contribution in [1.82, 2.24) is 0 Å². The maximum Gasteiger partial charge on any atom is 0.0665 e. The topological polar surface area (TPSA) is 49.7 Å². The van der Waals surface area contributed by atoms with E-state index in [2.05, 4.69) is 13.8 Å². The summed E-state index contributed by atoms with van der Waals surface area (Å²) in [7, 11) is 1.64. The predicted octanol–water partition coefficient (Wildman–Crippen LogP) is 2.65. The zero-order valence-corrected chi connectivity index (χ0v) is 13.1. The molecule has 1 aromatic rings. The molecular weight excluding hydrogens is 252 g/mol. The van der Waals surface area contributed by atoms with Crippen LogP contribution in [0.1, 0.15) is 32.8 Å². The van der Waals surface area contributed by atoms with Gasteiger partial charge in [0.15, 0.2) is 0 Å². The molecule has 1 rings (SSSR count). The van der Waals surface area contributed by atoms with Gasteiger partial charge in [-0.3, -0.25) is 0 Å². The molecule has 2 N–H and O–H groups in total. The number of hydrogen-bond acceptors (Lipinski definition) is 3. The van der Waals surface area contributed by atoms with Gasteiger partial charge in [0.2, 0.25) is 0 Å². The molecule has 0 saturated heterocycles. The molecule has 0 amide bonds. The van der Waals surface area contributed by atoms with E-state index in [1.807, 2.05) is 37.3 Å². The van der Waals surface area contributed by atoms with Gasteiger partial charge in [0.05, 0.1) is 12.2 Å². The van der Waals surface area contributed by atoms with Crippen molar-refractivity contribution in [2.24, 2.45) is 11.3 Å². The molecule has 0 aliphatic rings. The fourth-order valence-corrected chi connectivity index (χ4v) is 2.95. The van der Waals surface area contributed by atoms with E-state index in [-0.39, 0.29) is 17.9 Å². The Balaban J connectivity index is 2.73. The second-order valence-electron chi connectivity index (χ2n) is 6.66. The number of hydrogen-bond donors (Lipinski definition) is 2. The van der Waals surface area contributed by atoms with E-state index in [4.69, 9.17) is 4.74 Å². The number of aliphatic hydroxyl groups is 2. The van der Waals surface area contributed by atoms with Crippen LogP contribution >= 0.6 is 0 Å². The first-order valence-electron chi connectivity index (χ1n) is 7.17. The van der Waals surface area contributed by atoms with Crippen LogP contribution in [-0.4, -0.2) is 36.1 Å². The monoisotopic (exact) mass is 280 g/mol. The van der Waals surface area contributed by atoms with Crippen LogP contribution in [0, 0.1) is 11.3 Å². The van der Waals surface area contributed by atoms with Gasteiger partial charge in [-0.15, -0.1) is 0 Å². The predicted molar refractivity (Wildman–Crippen MR) is 81.6 cm³/mol. The number of benzene rings is 1. The quantitative estimate of drug-likeness (QED) is 0.769. The summed E-state index contributed by atoms with van der Waals surface area (Å²) in [5, 5.41) is 20.2. The summed E-state index contributed by atoms with van der Waals surface area (Å²) in [6, 6.07) is 10.00. The summed E-state index contributed by atoms with van der Waals surface area (Å²) in [5.74, 6) is 0.0229. The molecule has 114 valence electrons. The lowest BCUT2D eigenvalue weighted by Crippen LogP contribution is -2.40. The zero-order chi connectivity index (χ0) is 15.2. The molecule has 0 aliphatic carbocycles. The molecule has 0 aromatic heterocycles. The number of aliphatic hydroxyl groups excluding tert-OH is 1. The summed E-state index contributed by atoms with van der Waals surface area (Å²) < 4.78 is 5.17. The fraction of sp³-hybridized carbons (Fsp3) is 0.647. The standard InChI is InChI=1S/C17H28O3/c1-16(2,15(11-18)12-20-4)13-17(3,19)10-14-8-6-5-7-9-14/h5-9,15,18-19H,10-13H2,1-4H3. The Morgan fingerprint density at radius 3 is 2.25 bits per heavy atom. The van der Waals surface area contributed by atoms with E-state index < -0.39 is 5.60 Å². The van der Waals surface area contributed by atoms with Crippen molar-refractivity contribution < 1.29 is 14.9 Å². The Kier molecular flexibility index (Phi) is 6.18. The van der Waals surface area contributed by atoms with Gasteiger partial charge in [0, 0.05) is 26.1 Å². The lowest BCUT2D eigenvalue weighted by molar-refractivity contribution is -0.0329. The van der Waals surface area contributed by atoms with Gasteiger partial charge in [-0.1, -0.05) is 44.2 Å². The van der Waals surface area contributed by atoms with Crippen LogP contribution in [0.3, 0.4) is 0 Å². The summed E-state index contributed by atoms with van der Waals surface area (Å²) >= 11 is 0. The zero-order valence-electron chi connectivity index (χ0n) is 13.1. The number of rotatable bonds is 8. The van der Waals surface area contributed by atoms with Crippen molar-refractivity contribution in [2.75, 3.05) is 20.3 Å². The summed E-state index contributed by atoms with van der Waals surface area (Å²) in [4.78, 5) is 0. The first-order valence-corrected chi connectivity index (χ1v) is 7.17. The minimum atomic E-state index is -0.800. The Hall–Kier alpha value is -0.900. The number of methoxy groups -OCH3 is 1. The van der Waals surface area contributed by atoms with Crippen LogP contribution in [0.2, 0.25) is 0 Å². The molecule has 3 nitrogen and oxygen atoms in total. The van der Waals surface area contributed by atoms with Crippen LogP contribution < -0.4 is 0 Å². The molecular formula is C17H28O3. The van der Waals surface area contributed by atoms with E-state index in [0.717, 1.165) is 5.56 Å². The molecule has 0 spiro atoms. The third-order valence-corrected chi connectivity index (χ3v) is 3.96. The maximum atomic E-state index is 10.7. The van der Waals surface area contributed by atoms with Crippen molar-refractivity contribution in [3.05, 3.63) is 35.9 Å². The Morgan fingerprint density at radius 2 is 1.75 bits per heavy atom. The third-order valence-electron chi connectivity index (χ3n) is 3.96. The third kappa shape index (κ3) is 5.23. The molecule has 1 aromatic carbocycles. The fourth-order valence-electron chi connectivity index (χ4n) is 2.95. The summed E-state index contributed by atoms with van der Waals surface area (Å²) in [6.07, 6.45) is 1.23. The normalized spacial score (nSPS) is 16.7. The van der Waals surface area contributed by atoms with Crippen LogP contribution in [0.5, 0.6) is 0 Å². The van der Waals surface area contributed by atoms with Crippen molar-refractivity contribution >= 4 is 0 Å². The molecule has 0 fully saturated rings. The van der Waals surface area contributed by atoms with Crippen LogP contribution in [0.25, 0.3) is 0 Å². The average Bonchev–Trinajstić information content (AvgIpc) is 2.34. The van der Waals surface area contributed by atoms with E-state index in [0.29, 0.717) is 19.4 Å². The molecule has 2 atom stereocenters. The van der Waals surface area contributed by atoms with E-state index in [9.17, 15) is 10.2 Å². The lowest BCUT2D eigenvalue weighted by Gasteiger charge is -2.39. The second kappa shape index (κ2) is 7.21. The second-order valence-corrected chi connectivity index (χ2v) is 6.66. The van der Waals surface area contributed by atoms with Crippen LogP contribution in [-0.2, 0) is 11.2 Å². The maximum absolute atomic E-state index is 10.7. The van der Waals surface area contributed by atoms with E-state index >= 15 is 0 Å².